The Kier molecular flexibility index (Phi) is 1.48. The summed E-state index contributed by atoms with van der Waals surface area (Å²) < 4.78 is 1.80. The second kappa shape index (κ2) is 2.38. The molecule has 0 amide bonds. The first kappa shape index (κ1) is 7.43. The third-order valence-electron chi connectivity index (χ3n) is 1.83. The summed E-state index contributed by atoms with van der Waals surface area (Å²) in [5, 5.41) is 10.4. The molecule has 0 aliphatic heterocycles. The number of aromatic nitrogens is 2. The number of halogens is 1. The van der Waals surface area contributed by atoms with Gasteiger partial charge in [-0.05, 0) is 6.07 Å². The zero-order chi connectivity index (χ0) is 8.72. The Hall–Kier alpha value is -1.22. The molecule has 2 heterocycles. The lowest BCUT2D eigenvalue weighted by atomic mass is 10.3. The van der Waals surface area contributed by atoms with Gasteiger partial charge in [-0.3, -0.25) is 0 Å². The van der Waals surface area contributed by atoms with Gasteiger partial charge in [-0.25, -0.2) is 4.98 Å². The summed E-state index contributed by atoms with van der Waals surface area (Å²) in [6, 6.07) is 1.81. The van der Waals surface area contributed by atoms with Crippen LogP contribution in [0.15, 0.2) is 18.5 Å². The van der Waals surface area contributed by atoms with Gasteiger partial charge in [0.1, 0.15) is 10.9 Å². The number of aryl methyl sites for hydroxylation is 1. The van der Waals surface area contributed by atoms with Crippen LogP contribution in [-0.2, 0) is 7.05 Å². The van der Waals surface area contributed by atoms with Gasteiger partial charge in [0.15, 0.2) is 0 Å². The predicted octanol–water partition coefficient (Wildman–Crippen LogP) is 1.93. The summed E-state index contributed by atoms with van der Waals surface area (Å²) in [5.41, 5.74) is 0.882. The van der Waals surface area contributed by atoms with Gasteiger partial charge in [0.05, 0.1) is 10.9 Å². The van der Waals surface area contributed by atoms with Gasteiger partial charge in [-0.15, -0.1) is 0 Å². The van der Waals surface area contributed by atoms with Crippen LogP contribution in [-0.4, -0.2) is 14.7 Å². The van der Waals surface area contributed by atoms with Crippen molar-refractivity contribution in [2.75, 3.05) is 0 Å². The van der Waals surface area contributed by atoms with E-state index in [4.69, 9.17) is 11.6 Å². The van der Waals surface area contributed by atoms with Gasteiger partial charge >= 0.3 is 0 Å². The SMILES string of the molecule is Cn1cc(O)c2c(Cl)nccc21. The van der Waals surface area contributed by atoms with Crippen molar-refractivity contribution in [2.24, 2.45) is 7.05 Å². The molecule has 0 bridgehead atoms. The average Bonchev–Trinajstić information content (AvgIpc) is 2.29. The molecule has 0 saturated heterocycles. The molecule has 0 atom stereocenters. The van der Waals surface area contributed by atoms with Crippen LogP contribution in [0.25, 0.3) is 10.9 Å². The number of nitrogens with zero attached hydrogens (tertiary/aromatic N) is 2. The van der Waals surface area contributed by atoms with Gasteiger partial charge in [0.25, 0.3) is 0 Å². The average molecular weight is 183 g/mol. The highest BCUT2D eigenvalue weighted by atomic mass is 35.5. The maximum Gasteiger partial charge on any atom is 0.144 e. The molecule has 0 spiro atoms. The first-order valence-electron chi connectivity index (χ1n) is 3.48. The van der Waals surface area contributed by atoms with Crippen LogP contribution in [0, 0.1) is 0 Å². The third kappa shape index (κ3) is 0.865. The van der Waals surface area contributed by atoms with Crippen molar-refractivity contribution in [3.8, 4) is 5.75 Å². The van der Waals surface area contributed by atoms with Crippen molar-refractivity contribution in [3.05, 3.63) is 23.6 Å². The fourth-order valence-electron chi connectivity index (χ4n) is 1.28. The van der Waals surface area contributed by atoms with Crippen LogP contribution < -0.4 is 0 Å². The first-order valence-corrected chi connectivity index (χ1v) is 3.86. The van der Waals surface area contributed by atoms with Crippen LogP contribution in [0.2, 0.25) is 5.15 Å². The minimum atomic E-state index is 0.172. The predicted molar refractivity (Wildman–Crippen MR) is 47.4 cm³/mol. The molecule has 0 fully saturated rings. The van der Waals surface area contributed by atoms with Gasteiger partial charge < -0.3 is 9.67 Å². The number of rotatable bonds is 0. The van der Waals surface area contributed by atoms with E-state index < -0.39 is 0 Å². The molecule has 4 heteroatoms. The van der Waals surface area contributed by atoms with Crippen molar-refractivity contribution in [1.82, 2.24) is 9.55 Å². The van der Waals surface area contributed by atoms with E-state index in [2.05, 4.69) is 4.98 Å². The van der Waals surface area contributed by atoms with Gasteiger partial charge in [0, 0.05) is 19.4 Å². The molecule has 0 aromatic carbocycles. The number of hydrogen-bond donors (Lipinski definition) is 1. The number of fused-ring (bicyclic) bond motifs is 1. The second-order valence-corrected chi connectivity index (χ2v) is 2.98. The molecule has 1 N–H and O–H groups in total. The normalized spacial score (nSPS) is 10.8. The van der Waals surface area contributed by atoms with E-state index in [1.807, 2.05) is 7.05 Å². The summed E-state index contributed by atoms with van der Waals surface area (Å²) in [6.45, 7) is 0. The molecule has 2 aromatic rings. The Morgan fingerprint density at radius 1 is 1.58 bits per heavy atom. The lowest BCUT2D eigenvalue weighted by Gasteiger charge is -1.94. The van der Waals surface area contributed by atoms with E-state index in [9.17, 15) is 5.11 Å². The van der Waals surface area contributed by atoms with Crippen LogP contribution in [0.5, 0.6) is 5.75 Å². The first-order chi connectivity index (χ1) is 5.70. The topological polar surface area (TPSA) is 38.0 Å². The van der Waals surface area contributed by atoms with Crippen LogP contribution in [0.1, 0.15) is 0 Å². The van der Waals surface area contributed by atoms with Crippen LogP contribution in [0.3, 0.4) is 0 Å². The van der Waals surface area contributed by atoms with Crippen molar-refractivity contribution >= 4 is 22.5 Å². The molecule has 0 unspecified atom stereocenters. The molecule has 0 radical (unpaired) electrons. The highest BCUT2D eigenvalue weighted by molar-refractivity contribution is 6.34. The summed E-state index contributed by atoms with van der Waals surface area (Å²) in [5.74, 6) is 0.172. The molecule has 0 saturated carbocycles. The van der Waals surface area contributed by atoms with E-state index in [1.165, 1.54) is 0 Å². The van der Waals surface area contributed by atoms with E-state index in [1.54, 1.807) is 23.0 Å². The largest absolute Gasteiger partial charge is 0.506 e. The minimum Gasteiger partial charge on any atom is -0.506 e. The highest BCUT2D eigenvalue weighted by Gasteiger charge is 2.08. The van der Waals surface area contributed by atoms with Crippen molar-refractivity contribution < 1.29 is 5.11 Å². The zero-order valence-corrected chi connectivity index (χ0v) is 7.21. The van der Waals surface area contributed by atoms with E-state index in [-0.39, 0.29) is 5.75 Å². The summed E-state index contributed by atoms with van der Waals surface area (Å²) in [7, 11) is 1.85. The minimum absolute atomic E-state index is 0.172. The van der Waals surface area contributed by atoms with Crippen molar-refractivity contribution in [1.29, 1.82) is 0 Å². The van der Waals surface area contributed by atoms with Gasteiger partial charge in [-0.1, -0.05) is 11.6 Å². The molecule has 0 aliphatic rings. The number of pyridine rings is 1. The lowest BCUT2D eigenvalue weighted by Crippen LogP contribution is -1.83. The maximum atomic E-state index is 9.43. The highest BCUT2D eigenvalue weighted by Crippen LogP contribution is 2.30. The number of hydrogen-bond acceptors (Lipinski definition) is 2. The van der Waals surface area contributed by atoms with E-state index in [0.29, 0.717) is 10.5 Å². The van der Waals surface area contributed by atoms with Crippen LogP contribution >= 0.6 is 11.6 Å². The molecule has 0 aliphatic carbocycles. The molecule has 2 rings (SSSR count). The van der Waals surface area contributed by atoms with Gasteiger partial charge in [-0.2, -0.15) is 0 Å². The molecule has 2 aromatic heterocycles. The van der Waals surface area contributed by atoms with E-state index in [0.717, 1.165) is 5.52 Å². The van der Waals surface area contributed by atoms with Crippen LogP contribution in [0.4, 0.5) is 0 Å². The Labute approximate surface area is 74.2 Å². The van der Waals surface area contributed by atoms with Gasteiger partial charge in [0.2, 0.25) is 0 Å². The monoisotopic (exact) mass is 182 g/mol. The standard InChI is InChI=1S/C8H7ClN2O/c1-11-4-6(12)7-5(11)2-3-10-8(7)9/h2-4,12H,1H3. The number of aromatic hydroxyl groups is 1. The Morgan fingerprint density at radius 3 is 3.00 bits per heavy atom. The molecule has 3 nitrogen and oxygen atoms in total. The van der Waals surface area contributed by atoms with E-state index >= 15 is 0 Å². The summed E-state index contributed by atoms with van der Waals surface area (Å²) in [6.07, 6.45) is 3.22. The lowest BCUT2D eigenvalue weighted by molar-refractivity contribution is 0.479. The summed E-state index contributed by atoms with van der Waals surface area (Å²) in [4.78, 5) is 3.87. The fraction of sp³-hybridized carbons (Fsp3) is 0.125. The quantitative estimate of drug-likeness (QED) is 0.633. The summed E-state index contributed by atoms with van der Waals surface area (Å²) >= 11 is 5.79. The Balaban J connectivity index is 2.99. The fourth-order valence-corrected chi connectivity index (χ4v) is 1.53. The molecular formula is C8H7ClN2O. The van der Waals surface area contributed by atoms with Crippen molar-refractivity contribution in [3.63, 3.8) is 0 Å². The Bertz CT molecular complexity index is 436. The molecular weight excluding hydrogens is 176 g/mol. The zero-order valence-electron chi connectivity index (χ0n) is 6.45. The molecule has 62 valence electrons. The maximum absolute atomic E-state index is 9.43. The second-order valence-electron chi connectivity index (χ2n) is 2.62. The smallest absolute Gasteiger partial charge is 0.144 e. The Morgan fingerprint density at radius 2 is 2.33 bits per heavy atom. The molecule has 12 heavy (non-hydrogen) atoms. The third-order valence-corrected chi connectivity index (χ3v) is 2.12. The van der Waals surface area contributed by atoms with Crippen molar-refractivity contribution in [2.45, 2.75) is 0 Å².